The van der Waals surface area contributed by atoms with Gasteiger partial charge in [-0.3, -0.25) is 4.79 Å². The van der Waals surface area contributed by atoms with E-state index < -0.39 is 10.0 Å². The zero-order chi connectivity index (χ0) is 14.3. The van der Waals surface area contributed by atoms with Crippen molar-refractivity contribution in [1.82, 2.24) is 14.9 Å². The Balaban J connectivity index is 0.00000361. The van der Waals surface area contributed by atoms with E-state index in [9.17, 15) is 13.2 Å². The zero-order valence-electron chi connectivity index (χ0n) is 11.9. The van der Waals surface area contributed by atoms with E-state index in [1.165, 1.54) is 0 Å². The molecule has 1 heterocycles. The van der Waals surface area contributed by atoms with E-state index >= 15 is 0 Å². The van der Waals surface area contributed by atoms with Gasteiger partial charge in [0.05, 0.1) is 18.9 Å². The molecule has 120 valence electrons. The number of hydrogen-bond acceptors (Lipinski definition) is 5. The third kappa shape index (κ3) is 6.85. The lowest BCUT2D eigenvalue weighted by atomic mass is 10.2. The summed E-state index contributed by atoms with van der Waals surface area (Å²) >= 11 is 0. The standard InChI is InChI=1S/C11H23N3O4S.ClH/c1-3-18-6-7-19(16,17)13-9-11(15)14-5-4-12-8-10(14)2;/h10,12-13H,3-9H2,1-2H3;1H/t10-;/m0./s1. The Morgan fingerprint density at radius 1 is 1.50 bits per heavy atom. The summed E-state index contributed by atoms with van der Waals surface area (Å²) in [4.78, 5) is 13.6. The first-order chi connectivity index (χ1) is 8.96. The molecule has 9 heteroatoms. The molecule has 1 saturated heterocycles. The highest BCUT2D eigenvalue weighted by atomic mass is 35.5. The molecule has 0 unspecified atom stereocenters. The topological polar surface area (TPSA) is 87.7 Å². The molecular formula is C11H24ClN3O4S. The van der Waals surface area contributed by atoms with Crippen LogP contribution in [0.3, 0.4) is 0 Å². The van der Waals surface area contributed by atoms with Gasteiger partial charge in [0.2, 0.25) is 15.9 Å². The summed E-state index contributed by atoms with van der Waals surface area (Å²) in [6.45, 7) is 6.27. The quantitative estimate of drug-likeness (QED) is 0.596. The van der Waals surface area contributed by atoms with Crippen molar-refractivity contribution in [2.75, 3.05) is 45.1 Å². The summed E-state index contributed by atoms with van der Waals surface area (Å²) in [5, 5.41) is 3.18. The van der Waals surface area contributed by atoms with Crippen LogP contribution in [-0.2, 0) is 19.6 Å². The molecule has 0 aromatic heterocycles. The molecule has 2 N–H and O–H groups in total. The van der Waals surface area contributed by atoms with Crippen LogP contribution >= 0.6 is 12.4 Å². The summed E-state index contributed by atoms with van der Waals surface area (Å²) in [6.07, 6.45) is 0. The molecule has 1 rings (SSSR count). The molecule has 1 aliphatic rings. The maximum atomic E-state index is 11.9. The van der Waals surface area contributed by atoms with Gasteiger partial charge in [-0.1, -0.05) is 0 Å². The molecule has 20 heavy (non-hydrogen) atoms. The van der Waals surface area contributed by atoms with E-state index in [1.54, 1.807) is 11.8 Å². The first kappa shape index (κ1) is 19.6. The summed E-state index contributed by atoms with van der Waals surface area (Å²) in [5.41, 5.74) is 0. The van der Waals surface area contributed by atoms with E-state index in [1.807, 2.05) is 6.92 Å². The highest BCUT2D eigenvalue weighted by Crippen LogP contribution is 2.02. The fourth-order valence-corrected chi connectivity index (χ4v) is 2.69. The highest BCUT2D eigenvalue weighted by Gasteiger charge is 2.23. The molecule has 0 aliphatic carbocycles. The SMILES string of the molecule is CCOCCS(=O)(=O)NCC(=O)N1CCNC[C@@H]1C.Cl. The van der Waals surface area contributed by atoms with Gasteiger partial charge in [0.15, 0.2) is 0 Å². The first-order valence-corrected chi connectivity index (χ1v) is 8.16. The van der Waals surface area contributed by atoms with Crippen molar-refractivity contribution >= 4 is 28.3 Å². The number of rotatable bonds is 7. The van der Waals surface area contributed by atoms with Gasteiger partial charge in [-0.15, -0.1) is 12.4 Å². The number of carbonyl (C=O) groups excluding carboxylic acids is 1. The van der Waals surface area contributed by atoms with Crippen LogP contribution in [0.4, 0.5) is 0 Å². The van der Waals surface area contributed by atoms with Gasteiger partial charge >= 0.3 is 0 Å². The lowest BCUT2D eigenvalue weighted by Gasteiger charge is -2.34. The second-order valence-electron chi connectivity index (χ2n) is 4.48. The lowest BCUT2D eigenvalue weighted by molar-refractivity contribution is -0.132. The van der Waals surface area contributed by atoms with E-state index in [2.05, 4.69) is 10.0 Å². The van der Waals surface area contributed by atoms with Crippen LogP contribution in [0.2, 0.25) is 0 Å². The molecule has 0 aromatic carbocycles. The Bertz CT molecular complexity index is 391. The number of carbonyl (C=O) groups is 1. The Morgan fingerprint density at radius 2 is 2.20 bits per heavy atom. The average Bonchev–Trinajstić information content (AvgIpc) is 2.37. The molecule has 0 bridgehead atoms. The molecule has 0 radical (unpaired) electrons. The molecule has 0 spiro atoms. The average molecular weight is 330 g/mol. The number of nitrogens with one attached hydrogen (secondary N) is 2. The second kappa shape index (κ2) is 9.51. The Hall–Kier alpha value is -0.410. The summed E-state index contributed by atoms with van der Waals surface area (Å²) in [5.74, 6) is -0.306. The molecule has 1 fully saturated rings. The predicted molar refractivity (Wildman–Crippen MR) is 79.6 cm³/mol. The Kier molecular flexibility index (Phi) is 9.32. The number of nitrogens with zero attached hydrogens (tertiary/aromatic N) is 1. The fourth-order valence-electron chi connectivity index (χ4n) is 1.87. The van der Waals surface area contributed by atoms with Crippen molar-refractivity contribution in [3.05, 3.63) is 0 Å². The van der Waals surface area contributed by atoms with Crippen LogP contribution in [-0.4, -0.2) is 70.4 Å². The van der Waals surface area contributed by atoms with Gasteiger partial charge < -0.3 is 15.0 Å². The molecule has 1 aliphatic heterocycles. The van der Waals surface area contributed by atoms with Crippen LogP contribution < -0.4 is 10.0 Å². The van der Waals surface area contributed by atoms with Gasteiger partial charge in [-0.25, -0.2) is 13.1 Å². The van der Waals surface area contributed by atoms with Gasteiger partial charge in [0.25, 0.3) is 0 Å². The fraction of sp³-hybridized carbons (Fsp3) is 0.909. The van der Waals surface area contributed by atoms with Crippen molar-refractivity contribution in [2.45, 2.75) is 19.9 Å². The molecule has 0 saturated carbocycles. The largest absolute Gasteiger partial charge is 0.381 e. The predicted octanol–water partition coefficient (Wildman–Crippen LogP) is -0.816. The number of amides is 1. The van der Waals surface area contributed by atoms with Crippen LogP contribution in [0.25, 0.3) is 0 Å². The maximum absolute atomic E-state index is 11.9. The summed E-state index contributed by atoms with van der Waals surface area (Å²) in [7, 11) is -3.44. The van der Waals surface area contributed by atoms with Crippen molar-refractivity contribution in [1.29, 1.82) is 0 Å². The van der Waals surface area contributed by atoms with Gasteiger partial charge in [-0.05, 0) is 13.8 Å². The van der Waals surface area contributed by atoms with Crippen LogP contribution in [0, 0.1) is 0 Å². The van der Waals surface area contributed by atoms with Crippen LogP contribution in [0.1, 0.15) is 13.8 Å². The van der Waals surface area contributed by atoms with Crippen molar-refractivity contribution in [3.8, 4) is 0 Å². The smallest absolute Gasteiger partial charge is 0.237 e. The van der Waals surface area contributed by atoms with Crippen molar-refractivity contribution < 1.29 is 17.9 Å². The summed E-state index contributed by atoms with van der Waals surface area (Å²) < 4.78 is 30.5. The minimum Gasteiger partial charge on any atom is -0.381 e. The van der Waals surface area contributed by atoms with E-state index in [0.717, 1.165) is 13.1 Å². The van der Waals surface area contributed by atoms with E-state index in [0.29, 0.717) is 13.2 Å². The Labute approximate surface area is 126 Å². The normalized spacial score (nSPS) is 19.5. The van der Waals surface area contributed by atoms with Crippen LogP contribution in [0.5, 0.6) is 0 Å². The first-order valence-electron chi connectivity index (χ1n) is 6.51. The van der Waals surface area contributed by atoms with E-state index in [4.69, 9.17) is 4.74 Å². The van der Waals surface area contributed by atoms with Gasteiger partial charge in [0, 0.05) is 32.3 Å². The van der Waals surface area contributed by atoms with Gasteiger partial charge in [0.1, 0.15) is 0 Å². The summed E-state index contributed by atoms with van der Waals surface area (Å²) in [6, 6.07) is 0.0918. The number of hydrogen-bond donors (Lipinski definition) is 2. The minimum absolute atomic E-state index is 0. The van der Waals surface area contributed by atoms with Gasteiger partial charge in [-0.2, -0.15) is 0 Å². The van der Waals surface area contributed by atoms with E-state index in [-0.39, 0.29) is 43.3 Å². The number of halogens is 1. The third-order valence-electron chi connectivity index (χ3n) is 2.97. The molecule has 1 atom stereocenters. The molecule has 7 nitrogen and oxygen atoms in total. The Morgan fingerprint density at radius 3 is 2.80 bits per heavy atom. The monoisotopic (exact) mass is 329 g/mol. The second-order valence-corrected chi connectivity index (χ2v) is 6.40. The maximum Gasteiger partial charge on any atom is 0.237 e. The molecule has 0 aromatic rings. The van der Waals surface area contributed by atoms with Crippen molar-refractivity contribution in [2.24, 2.45) is 0 Å². The highest BCUT2D eigenvalue weighted by molar-refractivity contribution is 7.89. The molecular weight excluding hydrogens is 306 g/mol. The third-order valence-corrected chi connectivity index (χ3v) is 4.25. The van der Waals surface area contributed by atoms with Crippen LogP contribution in [0.15, 0.2) is 0 Å². The zero-order valence-corrected chi connectivity index (χ0v) is 13.6. The van der Waals surface area contributed by atoms with Crippen molar-refractivity contribution in [3.63, 3.8) is 0 Å². The lowest BCUT2D eigenvalue weighted by Crippen LogP contribution is -2.54. The number of sulfonamides is 1. The molecule has 1 amide bonds. The minimum atomic E-state index is -3.44. The number of ether oxygens (including phenoxy) is 1. The number of piperazine rings is 1.